The highest BCUT2D eigenvalue weighted by atomic mass is 16.4. The maximum absolute atomic E-state index is 11.2. The Morgan fingerprint density at radius 1 is 1.56 bits per heavy atom. The van der Waals surface area contributed by atoms with Crippen molar-refractivity contribution >= 4 is 11.7 Å². The fraction of sp³-hybridized carbons (Fsp3) is 0.538. The number of hydrogen-bond donors (Lipinski definition) is 2. The highest BCUT2D eigenvalue weighted by Crippen LogP contribution is 2.26. The molecule has 0 amide bonds. The van der Waals surface area contributed by atoms with E-state index in [0.717, 1.165) is 32.4 Å². The highest BCUT2D eigenvalue weighted by molar-refractivity contribution is 5.94. The van der Waals surface area contributed by atoms with Gasteiger partial charge in [-0.05, 0) is 31.2 Å². The molecule has 0 spiro atoms. The molecule has 0 aromatic carbocycles. The Morgan fingerprint density at radius 3 is 3.11 bits per heavy atom. The molecule has 1 aromatic rings. The Morgan fingerprint density at radius 2 is 2.39 bits per heavy atom. The van der Waals surface area contributed by atoms with Gasteiger partial charge in [0.1, 0.15) is 0 Å². The number of aliphatic hydroxyl groups excluding tert-OH is 1. The third-order valence-corrected chi connectivity index (χ3v) is 3.43. The van der Waals surface area contributed by atoms with Crippen molar-refractivity contribution in [3.05, 3.63) is 24.0 Å². The number of piperidine rings is 1. The summed E-state index contributed by atoms with van der Waals surface area (Å²) in [5.74, 6) is -0.484. The lowest BCUT2D eigenvalue weighted by Crippen LogP contribution is -2.36. The average molecular weight is 250 g/mol. The van der Waals surface area contributed by atoms with Gasteiger partial charge in [0.2, 0.25) is 0 Å². The number of rotatable bonds is 4. The van der Waals surface area contributed by atoms with Gasteiger partial charge in [-0.25, -0.2) is 4.79 Å². The van der Waals surface area contributed by atoms with Crippen LogP contribution in [-0.4, -0.2) is 40.9 Å². The monoisotopic (exact) mass is 250 g/mol. The van der Waals surface area contributed by atoms with Crippen LogP contribution in [0.15, 0.2) is 18.5 Å². The van der Waals surface area contributed by atoms with Crippen LogP contribution in [0.2, 0.25) is 0 Å². The lowest BCUT2D eigenvalue weighted by molar-refractivity contribution is 0.0697. The minimum absolute atomic E-state index is 0.192. The number of aliphatic hydroxyl groups is 1. The molecule has 18 heavy (non-hydrogen) atoms. The van der Waals surface area contributed by atoms with Gasteiger partial charge in [-0.2, -0.15) is 0 Å². The number of anilines is 1. The largest absolute Gasteiger partial charge is 0.478 e. The summed E-state index contributed by atoms with van der Waals surface area (Å²) < 4.78 is 0. The normalized spacial score (nSPS) is 19.8. The number of pyridine rings is 1. The van der Waals surface area contributed by atoms with E-state index in [2.05, 4.69) is 9.88 Å². The van der Waals surface area contributed by atoms with E-state index in [1.807, 2.05) is 0 Å². The molecule has 1 aliphatic heterocycles. The summed E-state index contributed by atoms with van der Waals surface area (Å²) in [6.07, 6.45) is 6.02. The molecule has 0 bridgehead atoms. The van der Waals surface area contributed by atoms with Crippen molar-refractivity contribution in [2.75, 3.05) is 24.6 Å². The summed E-state index contributed by atoms with van der Waals surface area (Å²) in [5.41, 5.74) is 0.988. The van der Waals surface area contributed by atoms with Gasteiger partial charge in [-0.15, -0.1) is 0 Å². The number of aromatic carboxylic acids is 1. The molecule has 5 nitrogen and oxygen atoms in total. The van der Waals surface area contributed by atoms with Gasteiger partial charge in [0, 0.05) is 25.9 Å². The molecule has 0 radical (unpaired) electrons. The molecule has 2 heterocycles. The molecule has 0 aliphatic carbocycles. The van der Waals surface area contributed by atoms with Crippen molar-refractivity contribution in [1.82, 2.24) is 4.98 Å². The first-order chi connectivity index (χ1) is 8.72. The Balaban J connectivity index is 2.18. The van der Waals surface area contributed by atoms with E-state index >= 15 is 0 Å². The van der Waals surface area contributed by atoms with Crippen molar-refractivity contribution in [3.8, 4) is 0 Å². The maximum Gasteiger partial charge on any atom is 0.337 e. The van der Waals surface area contributed by atoms with Gasteiger partial charge in [0.05, 0.1) is 17.4 Å². The number of aromatic nitrogens is 1. The molecular weight excluding hydrogens is 232 g/mol. The SMILES string of the molecule is O=C(O)c1ccncc1N1CCCC(CCO)C1. The van der Waals surface area contributed by atoms with Gasteiger partial charge in [-0.3, -0.25) is 4.98 Å². The predicted octanol–water partition coefficient (Wildman–Crippen LogP) is 1.38. The third-order valence-electron chi connectivity index (χ3n) is 3.43. The van der Waals surface area contributed by atoms with E-state index in [9.17, 15) is 9.90 Å². The second kappa shape index (κ2) is 5.82. The second-order valence-corrected chi connectivity index (χ2v) is 4.66. The van der Waals surface area contributed by atoms with Crippen LogP contribution in [-0.2, 0) is 0 Å². The van der Waals surface area contributed by atoms with E-state index in [1.54, 1.807) is 6.20 Å². The molecule has 0 saturated carbocycles. The fourth-order valence-corrected chi connectivity index (χ4v) is 2.52. The van der Waals surface area contributed by atoms with Gasteiger partial charge in [-0.1, -0.05) is 0 Å². The minimum Gasteiger partial charge on any atom is -0.478 e. The predicted molar refractivity (Wildman–Crippen MR) is 67.8 cm³/mol. The molecular formula is C13H18N2O3. The number of nitrogens with zero attached hydrogens (tertiary/aromatic N) is 2. The Labute approximate surface area is 106 Å². The summed E-state index contributed by atoms with van der Waals surface area (Å²) in [7, 11) is 0. The zero-order valence-electron chi connectivity index (χ0n) is 10.2. The number of carboxylic acids is 1. The molecule has 5 heteroatoms. The molecule has 1 fully saturated rings. The van der Waals surface area contributed by atoms with E-state index < -0.39 is 5.97 Å². The van der Waals surface area contributed by atoms with E-state index in [4.69, 9.17) is 5.11 Å². The second-order valence-electron chi connectivity index (χ2n) is 4.66. The molecule has 2 N–H and O–H groups in total. The first kappa shape index (κ1) is 12.8. The van der Waals surface area contributed by atoms with Crippen molar-refractivity contribution in [2.24, 2.45) is 5.92 Å². The maximum atomic E-state index is 11.2. The van der Waals surface area contributed by atoms with Gasteiger partial charge < -0.3 is 15.1 Å². The van der Waals surface area contributed by atoms with Crippen LogP contribution in [0.4, 0.5) is 5.69 Å². The van der Waals surface area contributed by atoms with E-state index in [1.165, 1.54) is 12.3 Å². The molecule has 1 aromatic heterocycles. The summed E-state index contributed by atoms with van der Waals surface area (Å²) in [5, 5.41) is 18.2. The summed E-state index contributed by atoms with van der Waals surface area (Å²) in [4.78, 5) is 17.3. The Hall–Kier alpha value is -1.62. The van der Waals surface area contributed by atoms with Crippen molar-refractivity contribution in [1.29, 1.82) is 0 Å². The first-order valence-corrected chi connectivity index (χ1v) is 6.25. The lowest BCUT2D eigenvalue weighted by atomic mass is 9.94. The van der Waals surface area contributed by atoms with E-state index in [-0.39, 0.29) is 6.61 Å². The van der Waals surface area contributed by atoms with Crippen LogP contribution in [0, 0.1) is 5.92 Å². The van der Waals surface area contributed by atoms with Gasteiger partial charge in [0.25, 0.3) is 0 Å². The van der Waals surface area contributed by atoms with Crippen molar-refractivity contribution in [3.63, 3.8) is 0 Å². The van der Waals surface area contributed by atoms with Crippen molar-refractivity contribution in [2.45, 2.75) is 19.3 Å². The molecule has 98 valence electrons. The van der Waals surface area contributed by atoms with E-state index in [0.29, 0.717) is 17.2 Å². The molecule has 1 atom stereocenters. The molecule has 2 rings (SSSR count). The summed E-state index contributed by atoms with van der Waals surface area (Å²) in [6, 6.07) is 1.54. The van der Waals surface area contributed by atoms with Crippen LogP contribution in [0.3, 0.4) is 0 Å². The standard InChI is InChI=1S/C13H18N2O3/c16-7-4-10-2-1-6-15(9-10)12-8-14-5-3-11(12)13(17)18/h3,5,8,10,16H,1-2,4,6-7,9H2,(H,17,18). The smallest absolute Gasteiger partial charge is 0.337 e. The van der Waals surface area contributed by atoms with Crippen LogP contribution in [0.25, 0.3) is 0 Å². The Bertz CT molecular complexity index is 420. The first-order valence-electron chi connectivity index (χ1n) is 6.25. The van der Waals surface area contributed by atoms with Crippen LogP contribution in [0.1, 0.15) is 29.6 Å². The lowest BCUT2D eigenvalue weighted by Gasteiger charge is -2.34. The van der Waals surface area contributed by atoms with Crippen molar-refractivity contribution < 1.29 is 15.0 Å². The number of carboxylic acid groups (broad SMARTS) is 1. The van der Waals surface area contributed by atoms with Gasteiger partial charge >= 0.3 is 5.97 Å². The van der Waals surface area contributed by atoms with Crippen LogP contribution >= 0.6 is 0 Å². The molecule has 1 saturated heterocycles. The van der Waals surface area contributed by atoms with Crippen LogP contribution < -0.4 is 4.90 Å². The zero-order valence-corrected chi connectivity index (χ0v) is 10.2. The third kappa shape index (κ3) is 2.79. The Kier molecular flexibility index (Phi) is 4.15. The summed E-state index contributed by atoms with van der Waals surface area (Å²) >= 11 is 0. The highest BCUT2D eigenvalue weighted by Gasteiger charge is 2.23. The average Bonchev–Trinajstić information content (AvgIpc) is 2.39. The van der Waals surface area contributed by atoms with Gasteiger partial charge in [0.15, 0.2) is 0 Å². The molecule has 1 unspecified atom stereocenters. The molecule has 1 aliphatic rings. The topological polar surface area (TPSA) is 73.7 Å². The summed E-state index contributed by atoms with van der Waals surface area (Å²) in [6.45, 7) is 1.85. The number of hydrogen-bond acceptors (Lipinski definition) is 4. The fourth-order valence-electron chi connectivity index (χ4n) is 2.52. The number of carbonyl (C=O) groups is 1. The zero-order chi connectivity index (χ0) is 13.0. The van der Waals surface area contributed by atoms with Crippen LogP contribution in [0.5, 0.6) is 0 Å². The quantitative estimate of drug-likeness (QED) is 0.844. The minimum atomic E-state index is -0.920.